The summed E-state index contributed by atoms with van der Waals surface area (Å²) in [6.07, 6.45) is 5.56. The van der Waals surface area contributed by atoms with Gasteiger partial charge in [-0.3, -0.25) is 9.59 Å². The fraction of sp³-hybridized carbons (Fsp3) is 0.158. The van der Waals surface area contributed by atoms with E-state index in [0.29, 0.717) is 21.2 Å². The van der Waals surface area contributed by atoms with Crippen molar-refractivity contribution in [1.29, 1.82) is 0 Å². The van der Waals surface area contributed by atoms with Gasteiger partial charge in [0.1, 0.15) is 0 Å². The number of thioether (sulfide) groups is 2. The fourth-order valence-electron chi connectivity index (χ4n) is 1.69. The average molecular weight is 413 g/mol. The summed E-state index contributed by atoms with van der Waals surface area (Å²) in [6.45, 7) is 1.53. The Hall–Kier alpha value is -1.20. The summed E-state index contributed by atoms with van der Waals surface area (Å²) in [6, 6.07) is 13.8. The molecule has 2 rings (SSSR count). The molecule has 2 aromatic carbocycles. The van der Waals surface area contributed by atoms with Gasteiger partial charge in [0.15, 0.2) is 11.6 Å². The van der Waals surface area contributed by atoms with Gasteiger partial charge in [-0.1, -0.05) is 23.2 Å². The molecule has 0 saturated heterocycles. The van der Waals surface area contributed by atoms with Crippen LogP contribution < -0.4 is 0 Å². The molecule has 0 saturated carbocycles. The van der Waals surface area contributed by atoms with Crippen molar-refractivity contribution in [3.8, 4) is 0 Å². The van der Waals surface area contributed by atoms with Gasteiger partial charge >= 0.3 is 0 Å². The smallest absolute Gasteiger partial charge is 0.187 e. The highest BCUT2D eigenvalue weighted by Crippen LogP contribution is 2.24. The zero-order valence-electron chi connectivity index (χ0n) is 14.1. The van der Waals surface area contributed by atoms with E-state index in [2.05, 4.69) is 0 Å². The van der Waals surface area contributed by atoms with E-state index >= 15 is 0 Å². The van der Waals surface area contributed by atoms with Crippen LogP contribution in [0.1, 0.15) is 27.6 Å². The number of carbonyl (C=O) groups excluding carboxylic acids is 2. The predicted octanol–water partition coefficient (Wildman–Crippen LogP) is 6.63. The van der Waals surface area contributed by atoms with Gasteiger partial charge in [0.25, 0.3) is 0 Å². The van der Waals surface area contributed by atoms with Gasteiger partial charge in [0, 0.05) is 31.5 Å². The number of hydrogen-bond acceptors (Lipinski definition) is 4. The molecule has 0 aliphatic rings. The van der Waals surface area contributed by atoms with E-state index in [0.717, 1.165) is 4.24 Å². The van der Waals surface area contributed by atoms with Gasteiger partial charge in [-0.05, 0) is 68.0 Å². The lowest BCUT2D eigenvalue weighted by molar-refractivity contribution is 0.101. The van der Waals surface area contributed by atoms with Crippen molar-refractivity contribution in [3.63, 3.8) is 0 Å². The average Bonchev–Trinajstić information content (AvgIpc) is 2.61. The van der Waals surface area contributed by atoms with Crippen LogP contribution in [0.5, 0.6) is 0 Å². The summed E-state index contributed by atoms with van der Waals surface area (Å²) in [7, 11) is 0. The first-order valence-corrected chi connectivity index (χ1v) is 10.4. The molecule has 0 bridgehead atoms. The van der Waals surface area contributed by atoms with Gasteiger partial charge in [-0.25, -0.2) is 0 Å². The second-order valence-corrected chi connectivity index (χ2v) is 7.63. The standard InChI is InChI=1S/C11H11ClOS2.C8H7ClO/c1-14-11(15-2)7-10(13)8-3-5-9(12)6-4-8;1-6(10)7-2-4-8(9)5-3-7/h3-7H,1-2H3;2-5H,1H3. The predicted molar refractivity (Wildman–Crippen MR) is 112 cm³/mol. The lowest BCUT2D eigenvalue weighted by Crippen LogP contribution is -1.94. The van der Waals surface area contributed by atoms with E-state index in [1.807, 2.05) is 12.5 Å². The first-order chi connectivity index (χ1) is 11.9. The minimum Gasteiger partial charge on any atom is -0.295 e. The van der Waals surface area contributed by atoms with Crippen LogP contribution in [0.3, 0.4) is 0 Å². The molecule has 0 aliphatic heterocycles. The van der Waals surface area contributed by atoms with Crippen LogP contribution in [-0.2, 0) is 0 Å². The molecular weight excluding hydrogens is 395 g/mol. The molecule has 132 valence electrons. The fourth-order valence-corrected chi connectivity index (χ4v) is 3.06. The van der Waals surface area contributed by atoms with Crippen molar-refractivity contribution in [2.45, 2.75) is 6.92 Å². The van der Waals surface area contributed by atoms with Crippen molar-refractivity contribution in [2.75, 3.05) is 12.5 Å². The van der Waals surface area contributed by atoms with E-state index in [4.69, 9.17) is 23.2 Å². The second-order valence-electron chi connectivity index (χ2n) is 4.81. The molecule has 0 amide bonds. The summed E-state index contributed by atoms with van der Waals surface area (Å²) in [4.78, 5) is 22.5. The molecule has 0 radical (unpaired) electrons. The van der Waals surface area contributed by atoms with E-state index in [-0.39, 0.29) is 11.6 Å². The molecule has 2 nitrogen and oxygen atoms in total. The molecule has 0 heterocycles. The van der Waals surface area contributed by atoms with Crippen LogP contribution in [-0.4, -0.2) is 24.1 Å². The van der Waals surface area contributed by atoms with Crippen molar-refractivity contribution >= 4 is 58.3 Å². The Labute approximate surface area is 167 Å². The monoisotopic (exact) mass is 412 g/mol. The van der Waals surface area contributed by atoms with Crippen molar-refractivity contribution in [1.82, 2.24) is 0 Å². The van der Waals surface area contributed by atoms with Crippen LogP contribution in [0.4, 0.5) is 0 Å². The molecule has 25 heavy (non-hydrogen) atoms. The Morgan fingerprint density at radius 2 is 1.20 bits per heavy atom. The second kappa shape index (κ2) is 11.4. The van der Waals surface area contributed by atoms with E-state index in [9.17, 15) is 9.59 Å². The third-order valence-corrected chi connectivity index (χ3v) is 5.58. The van der Waals surface area contributed by atoms with Gasteiger partial charge in [0.05, 0.1) is 0 Å². The maximum atomic E-state index is 11.7. The lowest BCUT2D eigenvalue weighted by Gasteiger charge is -1.99. The number of benzene rings is 2. The molecule has 0 atom stereocenters. The quantitative estimate of drug-likeness (QED) is 0.407. The number of hydrogen-bond donors (Lipinski definition) is 0. The van der Waals surface area contributed by atoms with Crippen LogP contribution in [0.25, 0.3) is 0 Å². The molecule has 0 N–H and O–H groups in total. The summed E-state index contributed by atoms with van der Waals surface area (Å²) in [5, 5.41) is 1.30. The van der Waals surface area contributed by atoms with Gasteiger partial charge < -0.3 is 0 Å². The first kappa shape index (κ1) is 21.8. The Balaban J connectivity index is 0.000000271. The maximum Gasteiger partial charge on any atom is 0.187 e. The summed E-state index contributed by atoms with van der Waals surface area (Å²) >= 11 is 14.5. The Morgan fingerprint density at radius 3 is 1.56 bits per heavy atom. The Kier molecular flexibility index (Phi) is 9.98. The number of ketones is 2. The minimum atomic E-state index is 0.0189. The minimum absolute atomic E-state index is 0.0189. The van der Waals surface area contributed by atoms with E-state index in [1.165, 1.54) is 6.92 Å². The molecule has 0 aliphatic carbocycles. The molecule has 0 aromatic heterocycles. The Bertz CT molecular complexity index is 733. The van der Waals surface area contributed by atoms with Crippen molar-refractivity contribution in [2.24, 2.45) is 0 Å². The van der Waals surface area contributed by atoms with Crippen LogP contribution >= 0.6 is 46.7 Å². The highest BCUT2D eigenvalue weighted by atomic mass is 35.5. The number of carbonyl (C=O) groups is 2. The summed E-state index contributed by atoms with van der Waals surface area (Å²) < 4.78 is 1.01. The largest absolute Gasteiger partial charge is 0.295 e. The Morgan fingerprint density at radius 1 is 0.800 bits per heavy atom. The number of allylic oxidation sites excluding steroid dienone is 1. The zero-order valence-corrected chi connectivity index (χ0v) is 17.2. The molecule has 0 spiro atoms. The van der Waals surface area contributed by atoms with Gasteiger partial charge in [0.2, 0.25) is 0 Å². The lowest BCUT2D eigenvalue weighted by atomic mass is 10.1. The van der Waals surface area contributed by atoms with Crippen molar-refractivity contribution in [3.05, 3.63) is 80.0 Å². The summed E-state index contributed by atoms with van der Waals surface area (Å²) in [5.41, 5.74) is 1.37. The molecule has 0 unspecified atom stereocenters. The molecular formula is C19H18Cl2O2S2. The normalized spacial score (nSPS) is 9.64. The number of halogens is 2. The first-order valence-electron chi connectivity index (χ1n) is 7.23. The molecule has 6 heteroatoms. The van der Waals surface area contributed by atoms with Crippen molar-refractivity contribution < 1.29 is 9.59 Å². The zero-order chi connectivity index (χ0) is 18.8. The van der Waals surface area contributed by atoms with E-state index < -0.39 is 0 Å². The number of rotatable bonds is 5. The van der Waals surface area contributed by atoms with Gasteiger partial charge in [-0.15, -0.1) is 23.5 Å². The van der Waals surface area contributed by atoms with Crippen LogP contribution in [0, 0.1) is 0 Å². The number of Topliss-reactive ketones (excluding diaryl/α,β-unsaturated/α-hetero) is 1. The maximum absolute atomic E-state index is 11.7. The third kappa shape index (κ3) is 8.15. The van der Waals surface area contributed by atoms with Gasteiger partial charge in [-0.2, -0.15) is 0 Å². The summed E-state index contributed by atoms with van der Waals surface area (Å²) in [5.74, 6) is 0.0852. The molecule has 0 fully saturated rings. The third-order valence-electron chi connectivity index (χ3n) is 3.03. The topological polar surface area (TPSA) is 34.1 Å². The van der Waals surface area contributed by atoms with E-state index in [1.54, 1.807) is 78.1 Å². The highest BCUT2D eigenvalue weighted by Gasteiger charge is 2.03. The molecule has 2 aromatic rings. The van der Waals surface area contributed by atoms with Crippen LogP contribution in [0.2, 0.25) is 10.0 Å². The SMILES string of the molecule is CC(=O)c1ccc(Cl)cc1.CSC(=CC(=O)c1ccc(Cl)cc1)SC. The highest BCUT2D eigenvalue weighted by molar-refractivity contribution is 8.21. The van der Waals surface area contributed by atoms with Crippen LogP contribution in [0.15, 0.2) is 58.8 Å².